The number of ether oxygens (including phenoxy) is 2. The number of methoxy groups -OCH3 is 1. The smallest absolute Gasteiger partial charge is 0.257 e. The SMILES string of the molecule is CCN(C)/C=N/c1cc(OC)c(O[C@@H](C)c2cc(F)cc(F)c2)nc1C. The first-order valence-corrected chi connectivity index (χ1v) is 8.26. The van der Waals surface area contributed by atoms with E-state index in [4.69, 9.17) is 9.47 Å². The lowest BCUT2D eigenvalue weighted by Gasteiger charge is -2.17. The number of pyridine rings is 1. The highest BCUT2D eigenvalue weighted by atomic mass is 19.1. The van der Waals surface area contributed by atoms with E-state index in [1.807, 2.05) is 18.9 Å². The van der Waals surface area contributed by atoms with Crippen molar-refractivity contribution in [1.29, 1.82) is 0 Å². The third-order valence-corrected chi connectivity index (χ3v) is 3.87. The number of halogens is 2. The second-order valence-electron chi connectivity index (χ2n) is 5.88. The van der Waals surface area contributed by atoms with Gasteiger partial charge in [0.25, 0.3) is 5.88 Å². The standard InChI is InChI=1S/C19H23F2N3O2/c1-6-24(4)11-22-17-10-18(25-5)19(23-12(17)2)26-13(3)14-7-15(20)9-16(21)8-14/h7-11,13H,6H2,1-5H3/b22-11+/t13-/m0/s1. The monoisotopic (exact) mass is 363 g/mol. The summed E-state index contributed by atoms with van der Waals surface area (Å²) in [5.41, 5.74) is 1.67. The van der Waals surface area contributed by atoms with E-state index >= 15 is 0 Å². The fraction of sp³-hybridized carbons (Fsp3) is 0.368. The summed E-state index contributed by atoms with van der Waals surface area (Å²) in [6.07, 6.45) is 1.10. The van der Waals surface area contributed by atoms with Crippen molar-refractivity contribution >= 4 is 12.0 Å². The summed E-state index contributed by atoms with van der Waals surface area (Å²) < 4.78 is 37.9. The van der Waals surface area contributed by atoms with Crippen molar-refractivity contribution in [2.75, 3.05) is 20.7 Å². The second kappa shape index (κ2) is 8.60. The van der Waals surface area contributed by atoms with E-state index in [-0.39, 0.29) is 5.88 Å². The largest absolute Gasteiger partial charge is 0.491 e. The summed E-state index contributed by atoms with van der Waals surface area (Å²) in [6.45, 7) is 6.34. The van der Waals surface area contributed by atoms with Gasteiger partial charge in [-0.05, 0) is 38.5 Å². The quantitative estimate of drug-likeness (QED) is 0.539. The van der Waals surface area contributed by atoms with Crippen molar-refractivity contribution in [3.8, 4) is 11.6 Å². The van der Waals surface area contributed by atoms with Gasteiger partial charge in [-0.3, -0.25) is 0 Å². The lowest BCUT2D eigenvalue weighted by atomic mass is 10.1. The molecule has 2 rings (SSSR count). The van der Waals surface area contributed by atoms with Gasteiger partial charge >= 0.3 is 0 Å². The fourth-order valence-corrected chi connectivity index (χ4v) is 2.20. The van der Waals surface area contributed by atoms with Gasteiger partial charge in [-0.25, -0.2) is 18.8 Å². The summed E-state index contributed by atoms with van der Waals surface area (Å²) in [5.74, 6) is -0.678. The molecule has 0 bridgehead atoms. The molecule has 26 heavy (non-hydrogen) atoms. The van der Waals surface area contributed by atoms with Gasteiger partial charge < -0.3 is 14.4 Å². The van der Waals surface area contributed by atoms with E-state index < -0.39 is 17.7 Å². The molecule has 0 saturated heterocycles. The number of aromatic nitrogens is 1. The predicted molar refractivity (Wildman–Crippen MR) is 97.4 cm³/mol. The minimum Gasteiger partial charge on any atom is -0.491 e. The van der Waals surface area contributed by atoms with Crippen molar-refractivity contribution in [3.05, 3.63) is 47.2 Å². The number of benzene rings is 1. The highest BCUT2D eigenvalue weighted by Crippen LogP contribution is 2.34. The lowest BCUT2D eigenvalue weighted by molar-refractivity contribution is 0.205. The zero-order valence-electron chi connectivity index (χ0n) is 15.6. The van der Waals surface area contributed by atoms with Crippen LogP contribution >= 0.6 is 0 Å². The molecular weight excluding hydrogens is 340 g/mol. The Morgan fingerprint density at radius 2 is 1.88 bits per heavy atom. The van der Waals surface area contributed by atoms with Crippen LogP contribution in [0.1, 0.15) is 31.2 Å². The maximum atomic E-state index is 13.4. The van der Waals surface area contributed by atoms with Crippen LogP contribution in [0.5, 0.6) is 11.6 Å². The molecule has 0 radical (unpaired) electrons. The number of hydrogen-bond donors (Lipinski definition) is 0. The van der Waals surface area contributed by atoms with Crippen LogP contribution < -0.4 is 9.47 Å². The number of hydrogen-bond acceptors (Lipinski definition) is 4. The lowest BCUT2D eigenvalue weighted by Crippen LogP contribution is -2.14. The third kappa shape index (κ3) is 4.91. The molecule has 1 aromatic carbocycles. The molecule has 0 aliphatic heterocycles. The zero-order chi connectivity index (χ0) is 19.3. The molecule has 1 aromatic heterocycles. The Hall–Kier alpha value is -2.70. The van der Waals surface area contributed by atoms with E-state index in [1.165, 1.54) is 19.2 Å². The summed E-state index contributed by atoms with van der Waals surface area (Å²) in [4.78, 5) is 10.7. The van der Waals surface area contributed by atoms with Gasteiger partial charge in [0, 0.05) is 25.7 Å². The van der Waals surface area contributed by atoms with Crippen LogP contribution in [0, 0.1) is 18.6 Å². The van der Waals surface area contributed by atoms with E-state index in [0.29, 0.717) is 22.7 Å². The number of rotatable bonds is 7. The van der Waals surface area contributed by atoms with Gasteiger partial charge in [-0.2, -0.15) is 0 Å². The number of nitrogens with zero attached hydrogens (tertiary/aromatic N) is 3. The Kier molecular flexibility index (Phi) is 6.49. The Balaban J connectivity index is 2.28. The summed E-state index contributed by atoms with van der Waals surface area (Å²) >= 11 is 0. The Bertz CT molecular complexity index is 776. The van der Waals surface area contributed by atoms with Gasteiger partial charge in [-0.15, -0.1) is 0 Å². The predicted octanol–water partition coefficient (Wildman–Crippen LogP) is 4.43. The van der Waals surface area contributed by atoms with Gasteiger partial charge in [0.15, 0.2) is 5.75 Å². The van der Waals surface area contributed by atoms with Gasteiger partial charge in [0.05, 0.1) is 24.8 Å². The van der Waals surface area contributed by atoms with Crippen LogP contribution in [0.4, 0.5) is 14.5 Å². The molecule has 2 aromatic rings. The summed E-state index contributed by atoms with van der Waals surface area (Å²) in [5, 5.41) is 0. The molecule has 0 aliphatic carbocycles. The highest BCUT2D eigenvalue weighted by molar-refractivity contribution is 5.63. The normalized spacial score (nSPS) is 12.3. The summed E-state index contributed by atoms with van der Waals surface area (Å²) in [7, 11) is 3.41. The Morgan fingerprint density at radius 1 is 1.23 bits per heavy atom. The average Bonchev–Trinajstić information content (AvgIpc) is 2.59. The Labute approximate surface area is 152 Å². The molecule has 0 saturated carbocycles. The van der Waals surface area contributed by atoms with Crippen LogP contribution in [-0.2, 0) is 0 Å². The van der Waals surface area contributed by atoms with Crippen molar-refractivity contribution in [2.24, 2.45) is 4.99 Å². The topological polar surface area (TPSA) is 47.0 Å². The molecule has 0 aliphatic rings. The molecule has 0 spiro atoms. The first-order chi connectivity index (χ1) is 12.3. The van der Waals surface area contributed by atoms with E-state index in [9.17, 15) is 8.78 Å². The van der Waals surface area contributed by atoms with Crippen molar-refractivity contribution < 1.29 is 18.3 Å². The minimum atomic E-state index is -0.656. The Morgan fingerprint density at radius 3 is 2.46 bits per heavy atom. The van der Waals surface area contributed by atoms with Gasteiger partial charge in [0.1, 0.15) is 17.7 Å². The molecular formula is C19H23F2N3O2. The second-order valence-corrected chi connectivity index (χ2v) is 5.88. The van der Waals surface area contributed by atoms with Gasteiger partial charge in [-0.1, -0.05) is 0 Å². The van der Waals surface area contributed by atoms with Crippen LogP contribution in [-0.4, -0.2) is 36.9 Å². The number of aryl methyl sites for hydroxylation is 1. The molecule has 1 heterocycles. The molecule has 5 nitrogen and oxygen atoms in total. The zero-order valence-corrected chi connectivity index (χ0v) is 15.6. The van der Waals surface area contributed by atoms with Crippen molar-refractivity contribution in [3.63, 3.8) is 0 Å². The molecule has 0 N–H and O–H groups in total. The molecule has 1 atom stereocenters. The van der Waals surface area contributed by atoms with Crippen LogP contribution in [0.3, 0.4) is 0 Å². The molecule has 0 fully saturated rings. The molecule has 0 unspecified atom stereocenters. The maximum absolute atomic E-state index is 13.4. The van der Waals surface area contributed by atoms with Crippen LogP contribution in [0.15, 0.2) is 29.3 Å². The fourth-order valence-electron chi connectivity index (χ4n) is 2.20. The third-order valence-electron chi connectivity index (χ3n) is 3.87. The average molecular weight is 363 g/mol. The summed E-state index contributed by atoms with van der Waals surface area (Å²) in [6, 6.07) is 4.99. The molecule has 140 valence electrons. The first-order valence-electron chi connectivity index (χ1n) is 8.26. The van der Waals surface area contributed by atoms with Crippen LogP contribution in [0.2, 0.25) is 0 Å². The molecule has 0 amide bonds. The van der Waals surface area contributed by atoms with Crippen molar-refractivity contribution in [1.82, 2.24) is 9.88 Å². The number of aliphatic imine (C=N–C) groups is 1. The maximum Gasteiger partial charge on any atom is 0.257 e. The van der Waals surface area contributed by atoms with E-state index in [2.05, 4.69) is 9.98 Å². The van der Waals surface area contributed by atoms with Crippen LogP contribution in [0.25, 0.3) is 0 Å². The van der Waals surface area contributed by atoms with Gasteiger partial charge in [0.2, 0.25) is 0 Å². The first kappa shape index (κ1) is 19.6. The van der Waals surface area contributed by atoms with E-state index in [0.717, 1.165) is 12.6 Å². The molecule has 7 heteroatoms. The highest BCUT2D eigenvalue weighted by Gasteiger charge is 2.16. The van der Waals surface area contributed by atoms with Crippen molar-refractivity contribution in [2.45, 2.75) is 26.9 Å². The minimum absolute atomic E-state index is 0.241. The van der Waals surface area contributed by atoms with E-state index in [1.54, 1.807) is 26.3 Å².